The molecule has 0 saturated heterocycles. The number of carbonyl (C=O) groups excluding carboxylic acids is 1. The average Bonchev–Trinajstić information content (AvgIpc) is 3.25. The fraction of sp³-hybridized carbons (Fsp3) is 0.176. The summed E-state index contributed by atoms with van der Waals surface area (Å²) in [7, 11) is 0. The lowest BCUT2D eigenvalue weighted by Gasteiger charge is -2.05. The van der Waals surface area contributed by atoms with E-state index in [9.17, 15) is 4.79 Å². The molecule has 2 heterocycles. The van der Waals surface area contributed by atoms with Crippen LogP contribution < -0.4 is 10.1 Å². The molecule has 1 aromatic carbocycles. The topological polar surface area (TPSA) is 77.5 Å². The van der Waals surface area contributed by atoms with Crippen molar-refractivity contribution in [2.45, 2.75) is 13.5 Å². The smallest absolute Gasteiger partial charge is 0.251 e. The Hall–Kier alpha value is -3.02. The standard InChI is InChI=1S/C17H16N2O4/c1-2-21-14-7-5-12(6-8-14)17(20)18-11-13-10-16(23-19-13)15-4-3-9-22-15/h3-10H,2,11H2,1H3,(H,18,20). The minimum atomic E-state index is -0.185. The molecular weight excluding hydrogens is 296 g/mol. The van der Waals surface area contributed by atoms with Gasteiger partial charge in [-0.2, -0.15) is 0 Å². The van der Waals surface area contributed by atoms with Crippen LogP contribution in [0.25, 0.3) is 11.5 Å². The van der Waals surface area contributed by atoms with Gasteiger partial charge < -0.3 is 19.0 Å². The first kappa shape index (κ1) is 14.9. The SMILES string of the molecule is CCOc1ccc(C(=O)NCc2cc(-c3ccco3)on2)cc1. The van der Waals surface area contributed by atoms with E-state index in [2.05, 4.69) is 10.5 Å². The van der Waals surface area contributed by atoms with E-state index in [0.717, 1.165) is 5.75 Å². The summed E-state index contributed by atoms with van der Waals surface area (Å²) in [6.07, 6.45) is 1.56. The molecule has 0 unspecified atom stereocenters. The molecule has 2 aromatic heterocycles. The predicted octanol–water partition coefficient (Wildman–Crippen LogP) is 3.26. The van der Waals surface area contributed by atoms with Gasteiger partial charge in [0.15, 0.2) is 5.76 Å². The maximum absolute atomic E-state index is 12.1. The molecule has 118 valence electrons. The highest BCUT2D eigenvalue weighted by atomic mass is 16.5. The van der Waals surface area contributed by atoms with Crippen LogP contribution in [0.5, 0.6) is 5.75 Å². The molecule has 0 fully saturated rings. The van der Waals surface area contributed by atoms with Crippen molar-refractivity contribution in [2.75, 3.05) is 6.61 Å². The number of carbonyl (C=O) groups is 1. The normalized spacial score (nSPS) is 10.5. The lowest BCUT2D eigenvalue weighted by molar-refractivity contribution is 0.0950. The molecule has 3 aromatic rings. The third-order valence-corrected chi connectivity index (χ3v) is 3.18. The van der Waals surface area contributed by atoms with E-state index in [4.69, 9.17) is 13.7 Å². The van der Waals surface area contributed by atoms with Gasteiger partial charge >= 0.3 is 0 Å². The van der Waals surface area contributed by atoms with Crippen molar-refractivity contribution in [1.29, 1.82) is 0 Å². The van der Waals surface area contributed by atoms with Crippen LogP contribution in [0, 0.1) is 0 Å². The number of hydrogen-bond acceptors (Lipinski definition) is 5. The number of benzene rings is 1. The third kappa shape index (κ3) is 3.60. The Bertz CT molecular complexity index is 760. The Morgan fingerprint density at radius 1 is 1.22 bits per heavy atom. The summed E-state index contributed by atoms with van der Waals surface area (Å²) in [5.74, 6) is 1.68. The number of ether oxygens (including phenoxy) is 1. The van der Waals surface area contributed by atoms with Gasteiger partial charge in [-0.1, -0.05) is 5.16 Å². The zero-order chi connectivity index (χ0) is 16.1. The van der Waals surface area contributed by atoms with E-state index in [0.29, 0.717) is 29.4 Å². The second kappa shape index (κ2) is 6.83. The van der Waals surface area contributed by atoms with Gasteiger partial charge in [0.1, 0.15) is 11.4 Å². The van der Waals surface area contributed by atoms with Crippen molar-refractivity contribution in [1.82, 2.24) is 10.5 Å². The molecule has 6 heteroatoms. The second-order valence-corrected chi connectivity index (χ2v) is 4.80. The first-order chi connectivity index (χ1) is 11.3. The quantitative estimate of drug-likeness (QED) is 0.756. The van der Waals surface area contributed by atoms with Crippen LogP contribution in [-0.4, -0.2) is 17.7 Å². The number of amides is 1. The summed E-state index contributed by atoms with van der Waals surface area (Å²) in [4.78, 5) is 12.1. The summed E-state index contributed by atoms with van der Waals surface area (Å²) in [5, 5.41) is 6.70. The van der Waals surface area contributed by atoms with Crippen molar-refractivity contribution in [3.05, 3.63) is 60.0 Å². The predicted molar refractivity (Wildman–Crippen MR) is 83.0 cm³/mol. The first-order valence-electron chi connectivity index (χ1n) is 7.27. The zero-order valence-electron chi connectivity index (χ0n) is 12.6. The molecule has 1 amide bonds. The maximum atomic E-state index is 12.1. The Kier molecular flexibility index (Phi) is 4.42. The Balaban J connectivity index is 1.58. The van der Waals surface area contributed by atoms with E-state index in [1.165, 1.54) is 0 Å². The molecule has 0 radical (unpaired) electrons. The fourth-order valence-electron chi connectivity index (χ4n) is 2.07. The van der Waals surface area contributed by atoms with Crippen molar-refractivity contribution in [3.63, 3.8) is 0 Å². The van der Waals surface area contributed by atoms with Crippen molar-refractivity contribution in [3.8, 4) is 17.3 Å². The molecule has 0 bridgehead atoms. The van der Waals surface area contributed by atoms with Crippen LogP contribution in [0.15, 0.2) is 57.7 Å². The molecule has 0 spiro atoms. The number of aromatic nitrogens is 1. The van der Waals surface area contributed by atoms with Crippen LogP contribution in [0.3, 0.4) is 0 Å². The maximum Gasteiger partial charge on any atom is 0.251 e. The third-order valence-electron chi connectivity index (χ3n) is 3.18. The van der Waals surface area contributed by atoms with Gasteiger partial charge in [0.25, 0.3) is 5.91 Å². The Labute approximate surface area is 133 Å². The van der Waals surface area contributed by atoms with Crippen LogP contribution >= 0.6 is 0 Å². The summed E-state index contributed by atoms with van der Waals surface area (Å²) < 4.78 is 15.7. The van der Waals surface area contributed by atoms with Gasteiger partial charge in [-0.25, -0.2) is 0 Å². The van der Waals surface area contributed by atoms with Crippen LogP contribution in [0.4, 0.5) is 0 Å². The molecule has 0 aliphatic rings. The molecule has 1 N–H and O–H groups in total. The summed E-state index contributed by atoms with van der Waals surface area (Å²) in [6, 6.07) is 12.3. The largest absolute Gasteiger partial charge is 0.494 e. The van der Waals surface area contributed by atoms with Crippen molar-refractivity contribution >= 4 is 5.91 Å². The highest BCUT2D eigenvalue weighted by molar-refractivity contribution is 5.94. The number of rotatable bonds is 6. The van der Waals surface area contributed by atoms with Crippen LogP contribution in [-0.2, 0) is 6.54 Å². The Morgan fingerprint density at radius 2 is 2.04 bits per heavy atom. The van der Waals surface area contributed by atoms with Crippen molar-refractivity contribution in [2.24, 2.45) is 0 Å². The van der Waals surface area contributed by atoms with E-state index in [1.54, 1.807) is 48.7 Å². The van der Waals surface area contributed by atoms with E-state index in [-0.39, 0.29) is 12.5 Å². The molecule has 0 aliphatic heterocycles. The monoisotopic (exact) mass is 312 g/mol. The van der Waals surface area contributed by atoms with Gasteiger partial charge in [0.2, 0.25) is 5.76 Å². The second-order valence-electron chi connectivity index (χ2n) is 4.80. The Morgan fingerprint density at radius 3 is 2.74 bits per heavy atom. The molecule has 0 atom stereocenters. The van der Waals surface area contributed by atoms with Crippen molar-refractivity contribution < 1.29 is 18.5 Å². The summed E-state index contributed by atoms with van der Waals surface area (Å²) >= 11 is 0. The first-order valence-corrected chi connectivity index (χ1v) is 7.27. The minimum Gasteiger partial charge on any atom is -0.494 e. The number of hydrogen-bond donors (Lipinski definition) is 1. The number of nitrogens with zero attached hydrogens (tertiary/aromatic N) is 1. The molecule has 23 heavy (non-hydrogen) atoms. The minimum absolute atomic E-state index is 0.185. The zero-order valence-corrected chi connectivity index (χ0v) is 12.6. The number of furan rings is 1. The van der Waals surface area contributed by atoms with E-state index < -0.39 is 0 Å². The highest BCUT2D eigenvalue weighted by Crippen LogP contribution is 2.20. The average molecular weight is 312 g/mol. The fourth-order valence-corrected chi connectivity index (χ4v) is 2.07. The van der Waals surface area contributed by atoms with Gasteiger partial charge in [-0.15, -0.1) is 0 Å². The van der Waals surface area contributed by atoms with Gasteiger partial charge in [0, 0.05) is 11.6 Å². The highest BCUT2D eigenvalue weighted by Gasteiger charge is 2.11. The van der Waals surface area contributed by atoms with Gasteiger partial charge in [-0.05, 0) is 43.3 Å². The number of nitrogens with one attached hydrogen (secondary N) is 1. The van der Waals surface area contributed by atoms with Crippen LogP contribution in [0.2, 0.25) is 0 Å². The molecule has 6 nitrogen and oxygen atoms in total. The van der Waals surface area contributed by atoms with Gasteiger partial charge in [-0.3, -0.25) is 4.79 Å². The van der Waals surface area contributed by atoms with E-state index >= 15 is 0 Å². The van der Waals surface area contributed by atoms with E-state index in [1.807, 2.05) is 6.92 Å². The lowest BCUT2D eigenvalue weighted by Crippen LogP contribution is -2.22. The lowest BCUT2D eigenvalue weighted by atomic mass is 10.2. The molecular formula is C17H16N2O4. The summed E-state index contributed by atoms with van der Waals surface area (Å²) in [5.41, 5.74) is 1.18. The summed E-state index contributed by atoms with van der Waals surface area (Å²) in [6.45, 7) is 2.78. The van der Waals surface area contributed by atoms with Gasteiger partial charge in [0.05, 0.1) is 19.4 Å². The molecule has 3 rings (SSSR count). The molecule has 0 aliphatic carbocycles. The molecule has 0 saturated carbocycles. The van der Waals surface area contributed by atoms with Crippen LogP contribution in [0.1, 0.15) is 23.0 Å².